The summed E-state index contributed by atoms with van der Waals surface area (Å²) >= 11 is 0. The highest BCUT2D eigenvalue weighted by Crippen LogP contribution is 2.43. The highest BCUT2D eigenvalue weighted by atomic mass is 32.2. The number of fused-ring (bicyclic) bond motifs is 2. The number of sulfonamides is 1. The Morgan fingerprint density at radius 3 is 2.66 bits per heavy atom. The number of nitrogens with zero attached hydrogens (tertiary/aromatic N) is 2. The van der Waals surface area contributed by atoms with Crippen molar-refractivity contribution >= 4 is 27.5 Å². The number of amides is 2. The van der Waals surface area contributed by atoms with Gasteiger partial charge in [0.2, 0.25) is 21.8 Å². The molecule has 1 N–H and O–H groups in total. The normalized spacial score (nSPS) is 21.9. The second-order valence-electron chi connectivity index (χ2n) is 9.92. The highest BCUT2D eigenvalue weighted by molar-refractivity contribution is 7.89. The molecule has 0 bridgehead atoms. The summed E-state index contributed by atoms with van der Waals surface area (Å²) in [7, 11) is -3.70. The van der Waals surface area contributed by atoms with Crippen molar-refractivity contribution in [3.63, 3.8) is 0 Å². The molecule has 5 rings (SSSR count). The van der Waals surface area contributed by atoms with E-state index >= 15 is 0 Å². The number of rotatable bonds is 5. The summed E-state index contributed by atoms with van der Waals surface area (Å²) in [5, 5.41) is 3.11. The average molecular weight is 498 g/mol. The Morgan fingerprint density at radius 2 is 1.89 bits per heavy atom. The molecule has 35 heavy (non-hydrogen) atoms. The van der Waals surface area contributed by atoms with Crippen LogP contribution in [0.3, 0.4) is 0 Å². The molecule has 1 saturated heterocycles. The number of benzene rings is 2. The number of carbonyl (C=O) groups is 2. The molecule has 2 aromatic carbocycles. The van der Waals surface area contributed by atoms with Crippen molar-refractivity contribution in [2.24, 2.45) is 0 Å². The van der Waals surface area contributed by atoms with E-state index in [9.17, 15) is 18.0 Å². The number of aryl methyl sites for hydroxylation is 1. The summed E-state index contributed by atoms with van der Waals surface area (Å²) < 4.78 is 33.0. The lowest BCUT2D eigenvalue weighted by atomic mass is 9.86. The third kappa shape index (κ3) is 4.26. The van der Waals surface area contributed by atoms with E-state index in [-0.39, 0.29) is 29.3 Å². The lowest BCUT2D eigenvalue weighted by molar-refractivity contribution is -0.126. The Labute approximate surface area is 206 Å². The Kier molecular flexibility index (Phi) is 6.19. The number of hydrogen-bond acceptors (Lipinski definition) is 5. The topological polar surface area (TPSA) is 96.0 Å². The maximum atomic E-state index is 13.3. The minimum atomic E-state index is -3.70. The number of anilines is 1. The van der Waals surface area contributed by atoms with Crippen LogP contribution in [0.15, 0.2) is 47.4 Å². The van der Waals surface area contributed by atoms with Gasteiger partial charge in [-0.1, -0.05) is 24.3 Å². The van der Waals surface area contributed by atoms with E-state index in [2.05, 4.69) is 17.4 Å². The highest BCUT2D eigenvalue weighted by Gasteiger charge is 2.45. The molecule has 2 amide bonds. The molecule has 1 atom stereocenters. The van der Waals surface area contributed by atoms with E-state index in [0.717, 1.165) is 24.8 Å². The molecule has 0 aromatic heterocycles. The number of carbonyl (C=O) groups excluding carboxylic acids is 2. The van der Waals surface area contributed by atoms with Crippen LogP contribution in [0.25, 0.3) is 0 Å². The number of morpholine rings is 1. The molecular formula is C26H31N3O5S. The minimum Gasteiger partial charge on any atom is -0.379 e. The van der Waals surface area contributed by atoms with Gasteiger partial charge in [-0.3, -0.25) is 9.59 Å². The van der Waals surface area contributed by atoms with Gasteiger partial charge in [0.25, 0.3) is 0 Å². The van der Waals surface area contributed by atoms with Crippen LogP contribution < -0.4 is 10.2 Å². The van der Waals surface area contributed by atoms with Gasteiger partial charge >= 0.3 is 0 Å². The van der Waals surface area contributed by atoms with Crippen molar-refractivity contribution < 1.29 is 22.7 Å². The second kappa shape index (κ2) is 9.04. The summed E-state index contributed by atoms with van der Waals surface area (Å²) in [5.74, 6) is -0.443. The van der Waals surface area contributed by atoms with Crippen LogP contribution in [0.1, 0.15) is 49.4 Å². The lowest BCUT2D eigenvalue weighted by Crippen LogP contribution is -2.44. The Balaban J connectivity index is 1.38. The largest absolute Gasteiger partial charge is 0.379 e. The van der Waals surface area contributed by atoms with E-state index in [4.69, 9.17) is 4.74 Å². The summed E-state index contributed by atoms with van der Waals surface area (Å²) in [6, 6.07) is 12.8. The van der Waals surface area contributed by atoms with Crippen LogP contribution in [-0.4, -0.2) is 57.4 Å². The molecule has 9 heteroatoms. The van der Waals surface area contributed by atoms with Gasteiger partial charge in [0.1, 0.15) is 6.54 Å². The Morgan fingerprint density at radius 1 is 1.14 bits per heavy atom. The molecule has 1 fully saturated rings. The summed E-state index contributed by atoms with van der Waals surface area (Å²) in [6.07, 6.45) is 2.87. The summed E-state index contributed by atoms with van der Waals surface area (Å²) in [6.45, 7) is 4.77. The van der Waals surface area contributed by atoms with Crippen LogP contribution in [0, 0.1) is 0 Å². The van der Waals surface area contributed by atoms with E-state index < -0.39 is 15.4 Å². The molecule has 0 saturated carbocycles. The first-order chi connectivity index (χ1) is 16.7. The number of nitrogens with one attached hydrogen (secondary N) is 1. The molecule has 3 aliphatic rings. The zero-order chi connectivity index (χ0) is 24.8. The Bertz CT molecular complexity index is 1270. The zero-order valence-corrected chi connectivity index (χ0v) is 20.9. The smallest absolute Gasteiger partial charge is 0.243 e. The van der Waals surface area contributed by atoms with E-state index in [1.165, 1.54) is 20.8 Å². The fraction of sp³-hybridized carbons (Fsp3) is 0.462. The first-order valence-corrected chi connectivity index (χ1v) is 13.5. The molecule has 0 spiro atoms. The standard InChI is InChI=1S/C26H31N3O5S/c1-26(2)21-16-19(35(32,33)28-12-14-34-15-13-28)10-11-23(21)29(25(26)31)17-24(30)27-22-9-5-7-18-6-3-4-8-20(18)22/h3-4,6,8,10-11,16,22H,5,7,9,12-15,17H2,1-2H3,(H,27,30)/t22-/m1/s1. The fourth-order valence-electron chi connectivity index (χ4n) is 5.35. The summed E-state index contributed by atoms with van der Waals surface area (Å²) in [4.78, 5) is 28.0. The quantitative estimate of drug-likeness (QED) is 0.685. The first-order valence-electron chi connectivity index (χ1n) is 12.1. The van der Waals surface area contributed by atoms with Gasteiger partial charge < -0.3 is 15.0 Å². The number of hydrogen-bond donors (Lipinski definition) is 1. The predicted octanol–water partition coefficient (Wildman–Crippen LogP) is 2.53. The molecule has 0 unspecified atom stereocenters. The fourth-order valence-corrected chi connectivity index (χ4v) is 6.79. The molecule has 2 aromatic rings. The van der Waals surface area contributed by atoms with Gasteiger partial charge in [-0.25, -0.2) is 8.42 Å². The van der Waals surface area contributed by atoms with Gasteiger partial charge in [0.05, 0.1) is 29.6 Å². The van der Waals surface area contributed by atoms with Crippen LogP contribution >= 0.6 is 0 Å². The molecule has 2 heterocycles. The zero-order valence-electron chi connectivity index (χ0n) is 20.1. The van der Waals surface area contributed by atoms with Crippen molar-refractivity contribution in [2.45, 2.75) is 49.5 Å². The third-order valence-corrected chi connectivity index (χ3v) is 9.22. The maximum Gasteiger partial charge on any atom is 0.243 e. The first kappa shape index (κ1) is 24.0. The van der Waals surface area contributed by atoms with Crippen molar-refractivity contribution in [1.82, 2.24) is 9.62 Å². The third-order valence-electron chi connectivity index (χ3n) is 7.33. The molecule has 1 aliphatic carbocycles. The van der Waals surface area contributed by atoms with Crippen molar-refractivity contribution in [3.8, 4) is 0 Å². The van der Waals surface area contributed by atoms with E-state index in [1.54, 1.807) is 26.0 Å². The number of ether oxygens (including phenoxy) is 1. The van der Waals surface area contributed by atoms with Crippen molar-refractivity contribution in [1.29, 1.82) is 0 Å². The van der Waals surface area contributed by atoms with Gasteiger partial charge in [-0.2, -0.15) is 4.31 Å². The van der Waals surface area contributed by atoms with E-state index in [1.807, 2.05) is 12.1 Å². The van der Waals surface area contributed by atoms with E-state index in [0.29, 0.717) is 37.6 Å². The predicted molar refractivity (Wildman–Crippen MR) is 132 cm³/mol. The van der Waals surface area contributed by atoms with Crippen molar-refractivity contribution in [3.05, 3.63) is 59.2 Å². The van der Waals surface area contributed by atoms with Crippen LogP contribution in [0.5, 0.6) is 0 Å². The molecule has 8 nitrogen and oxygen atoms in total. The average Bonchev–Trinajstić information content (AvgIpc) is 3.05. The molecule has 0 radical (unpaired) electrons. The van der Waals surface area contributed by atoms with Crippen LogP contribution in [0.2, 0.25) is 0 Å². The SMILES string of the molecule is CC1(C)C(=O)N(CC(=O)N[C@@H]2CCCc3ccccc32)c2ccc(S(=O)(=O)N3CCOCC3)cc21. The van der Waals surface area contributed by atoms with Gasteiger partial charge in [-0.15, -0.1) is 0 Å². The molecular weight excluding hydrogens is 466 g/mol. The second-order valence-corrected chi connectivity index (χ2v) is 11.9. The van der Waals surface area contributed by atoms with Crippen molar-refractivity contribution in [2.75, 3.05) is 37.7 Å². The van der Waals surface area contributed by atoms with Gasteiger partial charge in [0.15, 0.2) is 0 Å². The lowest BCUT2D eigenvalue weighted by Gasteiger charge is -2.27. The molecule has 186 valence electrons. The summed E-state index contributed by atoms with van der Waals surface area (Å²) in [5.41, 5.74) is 2.65. The van der Waals surface area contributed by atoms with Crippen LogP contribution in [-0.2, 0) is 36.2 Å². The molecule has 2 aliphatic heterocycles. The van der Waals surface area contributed by atoms with Crippen LogP contribution in [0.4, 0.5) is 5.69 Å². The minimum absolute atomic E-state index is 0.0707. The maximum absolute atomic E-state index is 13.3. The van der Waals surface area contributed by atoms with Gasteiger partial charge in [0, 0.05) is 18.8 Å². The Hall–Kier alpha value is -2.75. The monoisotopic (exact) mass is 497 g/mol. The van der Waals surface area contributed by atoms with Gasteiger partial charge in [-0.05, 0) is 68.0 Å².